The lowest BCUT2D eigenvalue weighted by Gasteiger charge is -2.23. The van der Waals surface area contributed by atoms with Crippen LogP contribution in [0.4, 0.5) is 5.69 Å². The Balaban J connectivity index is 2.06. The summed E-state index contributed by atoms with van der Waals surface area (Å²) < 4.78 is 13.2. The molecule has 1 aliphatic rings. The van der Waals surface area contributed by atoms with Gasteiger partial charge in [0, 0.05) is 14.1 Å². The number of hydrogen-bond donors (Lipinski definition) is 2. The van der Waals surface area contributed by atoms with Gasteiger partial charge >= 0.3 is 5.97 Å². The smallest absolute Gasteiger partial charge is 0.340 e. The van der Waals surface area contributed by atoms with Crippen molar-refractivity contribution >= 4 is 85.3 Å². The number of morpholine rings is 1. The van der Waals surface area contributed by atoms with Crippen molar-refractivity contribution in [2.75, 3.05) is 44.8 Å². The van der Waals surface area contributed by atoms with E-state index in [1.807, 2.05) is 6.07 Å². The molecule has 1 heterocycles. The third-order valence-electron chi connectivity index (χ3n) is 3.56. The van der Waals surface area contributed by atoms with Crippen molar-refractivity contribution in [3.63, 3.8) is 0 Å². The summed E-state index contributed by atoms with van der Waals surface area (Å²) in [5.74, 6) is -0.512. The molecular formula is C15H18I3N2O4+. The summed E-state index contributed by atoms with van der Waals surface area (Å²) in [5, 5.41) is 2.79. The summed E-state index contributed by atoms with van der Waals surface area (Å²) in [6.45, 7) is 6.03. The summed E-state index contributed by atoms with van der Waals surface area (Å²) in [5.41, 5.74) is 1.17. The van der Waals surface area contributed by atoms with Gasteiger partial charge in [0.15, 0.2) is 0 Å². The van der Waals surface area contributed by atoms with E-state index in [-0.39, 0.29) is 11.9 Å². The third kappa shape index (κ3) is 5.64. The number of esters is 1. The number of nitrogens with one attached hydrogen (secondary N) is 2. The number of amides is 1. The Hall–Kier alpha value is 0.270. The minimum Gasteiger partial charge on any atom is -0.456 e. The van der Waals surface area contributed by atoms with E-state index in [9.17, 15) is 9.59 Å². The van der Waals surface area contributed by atoms with Gasteiger partial charge in [-0.2, -0.15) is 0 Å². The maximum Gasteiger partial charge on any atom is 0.340 e. The molecule has 1 fully saturated rings. The van der Waals surface area contributed by atoms with Gasteiger partial charge in [-0.1, -0.05) is 0 Å². The second kappa shape index (κ2) is 9.83. The number of anilines is 1. The topological polar surface area (TPSA) is 69.1 Å². The molecule has 24 heavy (non-hydrogen) atoms. The average Bonchev–Trinajstić information content (AvgIpc) is 2.52. The van der Waals surface area contributed by atoms with Crippen molar-refractivity contribution in [3.8, 4) is 0 Å². The SMILES string of the molecule is CC(=O)Nc1c(I)cc(I)c(C(=O)OCC[NH+]2CCOCC2)c1I. The molecule has 0 atom stereocenters. The Kier molecular flexibility index (Phi) is 8.43. The molecule has 132 valence electrons. The van der Waals surface area contributed by atoms with Crippen LogP contribution in [-0.4, -0.2) is 51.3 Å². The molecule has 0 bridgehead atoms. The van der Waals surface area contributed by atoms with Crippen molar-refractivity contribution in [2.45, 2.75) is 6.92 Å². The molecule has 0 aromatic heterocycles. The van der Waals surface area contributed by atoms with Gasteiger partial charge in [-0.15, -0.1) is 0 Å². The molecule has 0 radical (unpaired) electrons. The summed E-state index contributed by atoms with van der Waals surface area (Å²) in [7, 11) is 0. The first-order chi connectivity index (χ1) is 11.4. The number of quaternary nitrogens is 1. The molecule has 0 unspecified atom stereocenters. The van der Waals surface area contributed by atoms with Crippen LogP contribution < -0.4 is 10.2 Å². The Morgan fingerprint density at radius 2 is 1.92 bits per heavy atom. The van der Waals surface area contributed by atoms with Crippen LogP contribution in [0.3, 0.4) is 0 Å². The van der Waals surface area contributed by atoms with E-state index in [1.54, 1.807) is 0 Å². The van der Waals surface area contributed by atoms with Crippen LogP contribution in [0, 0.1) is 10.7 Å². The summed E-state index contributed by atoms with van der Waals surface area (Å²) in [4.78, 5) is 25.3. The van der Waals surface area contributed by atoms with Crippen LogP contribution in [-0.2, 0) is 14.3 Å². The number of carbonyl (C=O) groups is 2. The lowest BCUT2D eigenvalue weighted by Crippen LogP contribution is -3.14. The van der Waals surface area contributed by atoms with Crippen LogP contribution in [0.1, 0.15) is 17.3 Å². The molecule has 1 aromatic rings. The van der Waals surface area contributed by atoms with Gasteiger partial charge in [0.05, 0.1) is 28.0 Å². The summed E-state index contributed by atoms with van der Waals surface area (Å²) in [6, 6.07) is 1.87. The van der Waals surface area contributed by atoms with Gasteiger partial charge in [-0.3, -0.25) is 4.79 Å². The van der Waals surface area contributed by atoms with E-state index in [0.717, 1.165) is 40.0 Å². The minimum absolute atomic E-state index is 0.165. The normalized spacial score (nSPS) is 15.2. The standard InChI is InChI=1S/C15H17I3N2O4/c1-9(21)19-14-11(17)8-10(16)12(13(14)18)15(22)24-7-4-20-2-5-23-6-3-20/h8H,2-7H2,1H3,(H,19,21)/p+1. The van der Waals surface area contributed by atoms with E-state index in [1.165, 1.54) is 11.8 Å². The highest BCUT2D eigenvalue weighted by atomic mass is 127. The van der Waals surface area contributed by atoms with Crippen molar-refractivity contribution in [1.82, 2.24) is 0 Å². The number of rotatable bonds is 5. The van der Waals surface area contributed by atoms with Crippen LogP contribution in [0.2, 0.25) is 0 Å². The Morgan fingerprint density at radius 1 is 1.25 bits per heavy atom. The highest BCUT2D eigenvalue weighted by Crippen LogP contribution is 2.32. The maximum atomic E-state index is 12.5. The highest BCUT2D eigenvalue weighted by Gasteiger charge is 2.22. The first kappa shape index (κ1) is 20.6. The zero-order chi connectivity index (χ0) is 17.7. The molecular weight excluding hydrogens is 653 g/mol. The van der Waals surface area contributed by atoms with Gasteiger partial charge in [0.2, 0.25) is 5.91 Å². The fourth-order valence-corrected chi connectivity index (χ4v) is 6.42. The Morgan fingerprint density at radius 3 is 2.54 bits per heavy atom. The van der Waals surface area contributed by atoms with Crippen molar-refractivity contribution in [2.24, 2.45) is 0 Å². The molecule has 1 amide bonds. The Labute approximate surface area is 181 Å². The van der Waals surface area contributed by atoms with E-state index < -0.39 is 0 Å². The molecule has 6 nitrogen and oxygen atoms in total. The van der Waals surface area contributed by atoms with Gasteiger partial charge in [-0.05, 0) is 73.8 Å². The molecule has 0 aliphatic carbocycles. The first-order valence-corrected chi connectivity index (χ1v) is 10.7. The second-order valence-corrected chi connectivity index (χ2v) is 8.74. The predicted molar refractivity (Wildman–Crippen MR) is 116 cm³/mol. The quantitative estimate of drug-likeness (QED) is 0.369. The lowest BCUT2D eigenvalue weighted by molar-refractivity contribution is -0.908. The van der Waals surface area contributed by atoms with E-state index >= 15 is 0 Å². The number of hydrogen-bond acceptors (Lipinski definition) is 4. The lowest BCUT2D eigenvalue weighted by atomic mass is 10.2. The van der Waals surface area contributed by atoms with E-state index in [0.29, 0.717) is 21.4 Å². The predicted octanol–water partition coefficient (Wildman–Crippen LogP) is 1.53. The summed E-state index contributed by atoms with van der Waals surface area (Å²) >= 11 is 6.37. The fraction of sp³-hybridized carbons (Fsp3) is 0.467. The fourth-order valence-electron chi connectivity index (χ4n) is 2.34. The molecule has 2 N–H and O–H groups in total. The third-order valence-corrected chi connectivity index (χ3v) is 6.34. The molecule has 1 saturated heterocycles. The van der Waals surface area contributed by atoms with E-state index in [2.05, 4.69) is 73.1 Å². The van der Waals surface area contributed by atoms with Crippen LogP contribution in [0.25, 0.3) is 0 Å². The number of halogens is 3. The number of carbonyl (C=O) groups excluding carboxylic acids is 2. The first-order valence-electron chi connectivity index (χ1n) is 7.43. The highest BCUT2D eigenvalue weighted by molar-refractivity contribution is 14.1. The molecule has 0 saturated carbocycles. The Bertz CT molecular complexity index is 634. The zero-order valence-electron chi connectivity index (χ0n) is 13.1. The van der Waals surface area contributed by atoms with Crippen LogP contribution >= 0.6 is 67.8 Å². The molecule has 1 aliphatic heterocycles. The molecule has 0 spiro atoms. The van der Waals surface area contributed by atoms with Gasteiger partial charge in [0.1, 0.15) is 26.2 Å². The van der Waals surface area contributed by atoms with Gasteiger partial charge < -0.3 is 19.7 Å². The van der Waals surface area contributed by atoms with Gasteiger partial charge in [-0.25, -0.2) is 4.79 Å². The van der Waals surface area contributed by atoms with Crippen LogP contribution in [0.5, 0.6) is 0 Å². The van der Waals surface area contributed by atoms with E-state index in [4.69, 9.17) is 9.47 Å². The zero-order valence-corrected chi connectivity index (χ0v) is 19.6. The van der Waals surface area contributed by atoms with Crippen LogP contribution in [0.15, 0.2) is 6.07 Å². The second-order valence-electron chi connectivity index (χ2n) is 5.33. The number of ether oxygens (including phenoxy) is 2. The number of benzene rings is 1. The molecule has 2 rings (SSSR count). The average molecular weight is 671 g/mol. The van der Waals surface area contributed by atoms with Crippen molar-refractivity contribution in [1.29, 1.82) is 0 Å². The largest absolute Gasteiger partial charge is 0.456 e. The molecule has 9 heteroatoms. The maximum absolute atomic E-state index is 12.5. The van der Waals surface area contributed by atoms with Crippen molar-refractivity contribution < 1.29 is 24.0 Å². The van der Waals surface area contributed by atoms with Gasteiger partial charge in [0.25, 0.3) is 0 Å². The monoisotopic (exact) mass is 671 g/mol. The minimum atomic E-state index is -0.348. The summed E-state index contributed by atoms with van der Waals surface area (Å²) in [6.07, 6.45) is 0. The molecule has 1 aromatic carbocycles. The van der Waals surface area contributed by atoms with Crippen molar-refractivity contribution in [3.05, 3.63) is 22.3 Å².